The molecule has 1 aliphatic carbocycles. The smallest absolute Gasteiger partial charge is 0.180 e. The van der Waals surface area contributed by atoms with Crippen LogP contribution in [-0.4, -0.2) is 26.5 Å². The molecule has 2 heterocycles. The van der Waals surface area contributed by atoms with Crippen molar-refractivity contribution in [2.75, 3.05) is 17.2 Å². The van der Waals surface area contributed by atoms with Gasteiger partial charge < -0.3 is 15.0 Å². The van der Waals surface area contributed by atoms with Gasteiger partial charge in [0.1, 0.15) is 5.82 Å². The van der Waals surface area contributed by atoms with Gasteiger partial charge in [-0.25, -0.2) is 9.97 Å². The first kappa shape index (κ1) is 13.2. The number of rotatable bonds is 6. The maximum absolute atomic E-state index is 4.72. The highest BCUT2D eigenvalue weighted by molar-refractivity contribution is 5.66. The van der Waals surface area contributed by atoms with Crippen LogP contribution in [0.5, 0.6) is 0 Å². The van der Waals surface area contributed by atoms with Gasteiger partial charge in [0, 0.05) is 24.5 Å². The summed E-state index contributed by atoms with van der Waals surface area (Å²) in [5.41, 5.74) is 1.13. The monoisotopic (exact) mass is 273 g/mol. The second kappa shape index (κ2) is 5.31. The number of nitrogens with one attached hydrogen (secondary N) is 2. The summed E-state index contributed by atoms with van der Waals surface area (Å²) < 4.78 is 2.04. The molecule has 0 spiro atoms. The number of hydrogen-bond acceptors (Lipinski definition) is 4. The normalized spacial score (nSPS) is 16.9. The molecule has 0 atom stereocenters. The van der Waals surface area contributed by atoms with Gasteiger partial charge in [-0.2, -0.15) is 0 Å². The van der Waals surface area contributed by atoms with Crippen molar-refractivity contribution in [2.45, 2.75) is 51.5 Å². The van der Waals surface area contributed by atoms with Gasteiger partial charge >= 0.3 is 0 Å². The molecule has 20 heavy (non-hydrogen) atoms. The lowest BCUT2D eigenvalue weighted by atomic mass is 9.75. The van der Waals surface area contributed by atoms with Gasteiger partial charge in [-0.15, -0.1) is 0 Å². The van der Waals surface area contributed by atoms with Gasteiger partial charge in [0.05, 0.1) is 6.20 Å². The van der Waals surface area contributed by atoms with Crippen molar-refractivity contribution >= 4 is 17.3 Å². The molecular formula is C15H23N5. The third-order valence-electron chi connectivity index (χ3n) is 4.30. The molecule has 0 amide bonds. The molecule has 3 rings (SSSR count). The molecule has 5 heteroatoms. The van der Waals surface area contributed by atoms with Crippen molar-refractivity contribution in [1.82, 2.24) is 14.4 Å². The zero-order valence-electron chi connectivity index (χ0n) is 12.3. The number of hydrogen-bond donors (Lipinski definition) is 2. The number of aromatic nitrogens is 3. The molecule has 2 aromatic heterocycles. The highest BCUT2D eigenvalue weighted by Crippen LogP contribution is 2.38. The lowest BCUT2D eigenvalue weighted by Crippen LogP contribution is -2.44. The first-order chi connectivity index (χ1) is 9.76. The molecule has 108 valence electrons. The Balaban J connectivity index is 1.92. The summed E-state index contributed by atoms with van der Waals surface area (Å²) >= 11 is 0. The van der Waals surface area contributed by atoms with Crippen LogP contribution in [-0.2, 0) is 0 Å². The third kappa shape index (κ3) is 2.32. The van der Waals surface area contributed by atoms with Crippen LogP contribution in [0, 0.1) is 0 Å². The molecule has 1 saturated carbocycles. The first-order valence-corrected chi connectivity index (χ1v) is 7.62. The van der Waals surface area contributed by atoms with Crippen LogP contribution in [0.25, 0.3) is 5.65 Å². The summed E-state index contributed by atoms with van der Waals surface area (Å²) in [5, 5.41) is 7.01. The summed E-state index contributed by atoms with van der Waals surface area (Å²) in [4.78, 5) is 9.15. The van der Waals surface area contributed by atoms with E-state index < -0.39 is 0 Å². The van der Waals surface area contributed by atoms with Gasteiger partial charge in [0.25, 0.3) is 0 Å². The van der Waals surface area contributed by atoms with Gasteiger partial charge in [-0.3, -0.25) is 0 Å². The molecule has 5 nitrogen and oxygen atoms in total. The maximum Gasteiger partial charge on any atom is 0.180 e. The highest BCUT2D eigenvalue weighted by Gasteiger charge is 2.35. The lowest BCUT2D eigenvalue weighted by molar-refractivity contribution is 0.269. The largest absolute Gasteiger partial charge is 0.369 e. The SMILES string of the molecule is CCCNc1cn2ccnc2c(NC2(CC)CCC2)n1. The molecule has 0 aliphatic heterocycles. The predicted molar refractivity (Wildman–Crippen MR) is 82.3 cm³/mol. The molecule has 1 aliphatic rings. The van der Waals surface area contributed by atoms with Crippen molar-refractivity contribution in [2.24, 2.45) is 0 Å². The molecule has 2 aromatic rings. The molecule has 2 N–H and O–H groups in total. The number of imidazole rings is 1. The van der Waals surface area contributed by atoms with E-state index >= 15 is 0 Å². The average molecular weight is 273 g/mol. The van der Waals surface area contributed by atoms with Crippen LogP contribution in [0.2, 0.25) is 0 Å². The summed E-state index contributed by atoms with van der Waals surface area (Å²) in [7, 11) is 0. The second-order valence-electron chi connectivity index (χ2n) is 5.67. The Bertz CT molecular complexity index is 579. The minimum atomic E-state index is 0.225. The maximum atomic E-state index is 4.72. The molecule has 0 unspecified atom stereocenters. The molecule has 0 saturated heterocycles. The number of fused-ring (bicyclic) bond motifs is 1. The van der Waals surface area contributed by atoms with E-state index in [1.165, 1.54) is 19.3 Å². The number of nitrogens with zero attached hydrogens (tertiary/aromatic N) is 3. The molecule has 0 aromatic carbocycles. The summed E-state index contributed by atoms with van der Waals surface area (Å²) in [6, 6.07) is 0. The standard InChI is InChI=1S/C15H23N5/c1-3-8-16-12-11-20-10-9-17-14(20)13(18-12)19-15(4-2)6-5-7-15/h9-11,16H,3-8H2,1-2H3,(H,18,19). The van der Waals surface area contributed by atoms with Crippen LogP contribution >= 0.6 is 0 Å². The van der Waals surface area contributed by atoms with Gasteiger partial charge in [0.15, 0.2) is 11.5 Å². The van der Waals surface area contributed by atoms with Gasteiger partial charge in [-0.1, -0.05) is 13.8 Å². The van der Waals surface area contributed by atoms with Crippen LogP contribution in [0.4, 0.5) is 11.6 Å². The molecule has 0 radical (unpaired) electrons. The van der Waals surface area contributed by atoms with Crippen molar-refractivity contribution in [3.63, 3.8) is 0 Å². The quantitative estimate of drug-likeness (QED) is 0.848. The van der Waals surface area contributed by atoms with Gasteiger partial charge in [-0.05, 0) is 32.1 Å². The van der Waals surface area contributed by atoms with E-state index in [2.05, 4.69) is 29.5 Å². The highest BCUT2D eigenvalue weighted by atomic mass is 15.2. The Morgan fingerprint density at radius 2 is 2.20 bits per heavy atom. The van der Waals surface area contributed by atoms with E-state index in [1.54, 1.807) is 0 Å². The Morgan fingerprint density at radius 3 is 2.85 bits per heavy atom. The fourth-order valence-electron chi connectivity index (χ4n) is 2.78. The summed E-state index contributed by atoms with van der Waals surface area (Å²) in [6.07, 6.45) is 11.8. The Hall–Kier alpha value is -1.78. The Kier molecular flexibility index (Phi) is 3.51. The van der Waals surface area contributed by atoms with E-state index in [0.29, 0.717) is 0 Å². The second-order valence-corrected chi connectivity index (χ2v) is 5.67. The van der Waals surface area contributed by atoms with E-state index in [0.717, 1.165) is 36.7 Å². The molecule has 1 fully saturated rings. The zero-order chi connectivity index (χ0) is 14.0. The van der Waals surface area contributed by atoms with Crippen molar-refractivity contribution in [1.29, 1.82) is 0 Å². The van der Waals surface area contributed by atoms with Crippen molar-refractivity contribution < 1.29 is 0 Å². The van der Waals surface area contributed by atoms with Crippen LogP contribution in [0.3, 0.4) is 0 Å². The van der Waals surface area contributed by atoms with Crippen LogP contribution in [0.1, 0.15) is 46.0 Å². The summed E-state index contributed by atoms with van der Waals surface area (Å²) in [6.45, 7) is 5.34. The Labute approximate surface area is 119 Å². The number of anilines is 2. The van der Waals surface area contributed by atoms with E-state index in [1.807, 2.05) is 23.0 Å². The first-order valence-electron chi connectivity index (χ1n) is 7.62. The zero-order valence-corrected chi connectivity index (χ0v) is 12.3. The fraction of sp³-hybridized carbons (Fsp3) is 0.600. The molecular weight excluding hydrogens is 250 g/mol. The minimum Gasteiger partial charge on any atom is -0.369 e. The topological polar surface area (TPSA) is 54.2 Å². The summed E-state index contributed by atoms with van der Waals surface area (Å²) in [5.74, 6) is 1.81. The third-order valence-corrected chi connectivity index (χ3v) is 4.30. The van der Waals surface area contributed by atoms with E-state index in [-0.39, 0.29) is 5.54 Å². The van der Waals surface area contributed by atoms with E-state index in [4.69, 9.17) is 4.98 Å². The van der Waals surface area contributed by atoms with Crippen LogP contribution < -0.4 is 10.6 Å². The Morgan fingerprint density at radius 1 is 1.35 bits per heavy atom. The van der Waals surface area contributed by atoms with Crippen molar-refractivity contribution in [3.05, 3.63) is 18.6 Å². The molecule has 0 bridgehead atoms. The average Bonchev–Trinajstić information content (AvgIpc) is 2.88. The lowest BCUT2D eigenvalue weighted by Gasteiger charge is -2.42. The predicted octanol–water partition coefficient (Wildman–Crippen LogP) is 3.30. The van der Waals surface area contributed by atoms with Crippen molar-refractivity contribution in [3.8, 4) is 0 Å². The minimum absolute atomic E-state index is 0.225. The van der Waals surface area contributed by atoms with Gasteiger partial charge in [0.2, 0.25) is 0 Å². The van der Waals surface area contributed by atoms with E-state index in [9.17, 15) is 0 Å². The fourth-order valence-corrected chi connectivity index (χ4v) is 2.78. The van der Waals surface area contributed by atoms with Crippen LogP contribution in [0.15, 0.2) is 18.6 Å².